The number of ether oxygens (including phenoxy) is 2. The van der Waals surface area contributed by atoms with E-state index in [0.717, 1.165) is 30.6 Å². The van der Waals surface area contributed by atoms with Crippen LogP contribution in [0.25, 0.3) is 0 Å². The van der Waals surface area contributed by atoms with Gasteiger partial charge in [-0.05, 0) is 49.6 Å². The van der Waals surface area contributed by atoms with Gasteiger partial charge in [0.1, 0.15) is 6.10 Å². The molecule has 10 heteroatoms. The van der Waals surface area contributed by atoms with Crippen molar-refractivity contribution >= 4 is 20.2 Å². The highest BCUT2D eigenvalue weighted by atomic mass is 32.2. The molecule has 0 aliphatic carbocycles. The molecule has 2 aliphatic heterocycles. The highest BCUT2D eigenvalue weighted by Gasteiger charge is 2.26. The molecule has 0 saturated carbocycles. The highest BCUT2D eigenvalue weighted by molar-refractivity contribution is 7.86. The molecule has 30 heavy (non-hydrogen) atoms. The predicted molar refractivity (Wildman–Crippen MR) is 108 cm³/mol. The summed E-state index contributed by atoms with van der Waals surface area (Å²) in [5.74, 6) is 0. The first-order chi connectivity index (χ1) is 14.1. The fraction of sp³-hybridized carbons (Fsp3) is 0.400. The second-order valence-corrected chi connectivity index (χ2v) is 10.2. The summed E-state index contributed by atoms with van der Waals surface area (Å²) in [4.78, 5) is 0.127. The Labute approximate surface area is 176 Å². The van der Waals surface area contributed by atoms with E-state index in [-0.39, 0.29) is 22.5 Å². The van der Waals surface area contributed by atoms with Crippen molar-refractivity contribution < 1.29 is 35.0 Å². The number of epoxide rings is 2. The van der Waals surface area contributed by atoms with E-state index in [1.54, 1.807) is 36.4 Å². The fourth-order valence-corrected chi connectivity index (χ4v) is 3.91. The summed E-state index contributed by atoms with van der Waals surface area (Å²) in [7, 11) is -7.68. The van der Waals surface area contributed by atoms with Crippen molar-refractivity contribution in [3.63, 3.8) is 0 Å². The van der Waals surface area contributed by atoms with Crippen molar-refractivity contribution in [1.29, 1.82) is 0 Å². The van der Waals surface area contributed by atoms with Crippen LogP contribution in [0.4, 0.5) is 0 Å². The van der Waals surface area contributed by atoms with Crippen LogP contribution in [0.1, 0.15) is 17.5 Å². The molecule has 164 valence electrons. The Kier molecular flexibility index (Phi) is 7.27. The van der Waals surface area contributed by atoms with Gasteiger partial charge in [-0.3, -0.25) is 8.74 Å². The van der Waals surface area contributed by atoms with E-state index >= 15 is 0 Å². The zero-order valence-electron chi connectivity index (χ0n) is 16.4. The first-order valence-electron chi connectivity index (χ1n) is 9.39. The molecule has 8 nitrogen and oxygen atoms in total. The molecule has 2 unspecified atom stereocenters. The highest BCUT2D eigenvalue weighted by Crippen LogP contribution is 2.18. The summed E-state index contributed by atoms with van der Waals surface area (Å²) in [6.07, 6.45) is 2.17. The molecule has 0 bridgehead atoms. The Hall–Kier alpha value is -1.82. The van der Waals surface area contributed by atoms with Gasteiger partial charge in [0.15, 0.2) is 0 Å². The first-order valence-corrected chi connectivity index (χ1v) is 12.2. The molecule has 1 N–H and O–H groups in total. The molecule has 4 rings (SSSR count). The molecule has 0 aromatic heterocycles. The molecule has 2 heterocycles. The van der Waals surface area contributed by atoms with Gasteiger partial charge in [-0.25, -0.2) is 0 Å². The molecule has 0 radical (unpaired) electrons. The van der Waals surface area contributed by atoms with Crippen molar-refractivity contribution in [2.24, 2.45) is 0 Å². The summed E-state index contributed by atoms with van der Waals surface area (Å²) in [6, 6.07) is 12.8. The summed E-state index contributed by atoms with van der Waals surface area (Å²) >= 11 is 0. The van der Waals surface area contributed by atoms with Crippen LogP contribution < -0.4 is 0 Å². The Morgan fingerprint density at radius 1 is 0.900 bits per heavy atom. The number of aryl methyl sites for hydroxylation is 2. The van der Waals surface area contributed by atoms with Gasteiger partial charge in [0.05, 0.1) is 35.7 Å². The van der Waals surface area contributed by atoms with Crippen molar-refractivity contribution in [3.8, 4) is 0 Å². The third kappa shape index (κ3) is 7.46. The van der Waals surface area contributed by atoms with Crippen molar-refractivity contribution in [1.82, 2.24) is 0 Å². The average Bonchev–Trinajstić information content (AvgIpc) is 3.61. The van der Waals surface area contributed by atoms with Gasteiger partial charge in [-0.15, -0.1) is 0 Å². The van der Waals surface area contributed by atoms with Gasteiger partial charge in [-0.2, -0.15) is 16.8 Å². The number of rotatable bonds is 8. The summed E-state index contributed by atoms with van der Waals surface area (Å²) in [6.45, 7) is 3.43. The zero-order valence-corrected chi connectivity index (χ0v) is 18.1. The van der Waals surface area contributed by atoms with Crippen LogP contribution in [0, 0.1) is 6.92 Å². The van der Waals surface area contributed by atoms with Crippen LogP contribution in [0.15, 0.2) is 58.3 Å². The molecule has 0 spiro atoms. The lowest BCUT2D eigenvalue weighted by molar-refractivity contribution is 0.266. The van der Waals surface area contributed by atoms with Crippen LogP contribution >= 0.6 is 0 Å². The molecule has 2 saturated heterocycles. The van der Waals surface area contributed by atoms with Gasteiger partial charge in [0, 0.05) is 0 Å². The zero-order chi connectivity index (χ0) is 21.8. The minimum absolute atomic E-state index is 0.0507. The Morgan fingerprint density at radius 3 is 1.93 bits per heavy atom. The molecule has 2 aliphatic rings. The second-order valence-electron chi connectivity index (χ2n) is 7.12. The molecular formula is C20H24O8S2. The van der Waals surface area contributed by atoms with Crippen LogP contribution in [-0.2, 0) is 40.3 Å². The average molecular weight is 457 g/mol. The minimum atomic E-state index is -4.06. The maximum absolute atomic E-state index is 11.6. The monoisotopic (exact) mass is 456 g/mol. The maximum atomic E-state index is 11.6. The quantitative estimate of drug-likeness (QED) is 0.365. The molecule has 2 aromatic rings. The molecule has 0 amide bonds. The van der Waals surface area contributed by atoms with Gasteiger partial charge >= 0.3 is 0 Å². The van der Waals surface area contributed by atoms with E-state index in [1.807, 2.05) is 6.92 Å². The SMILES string of the molecule is Cc1ccc(S(=O)(=O)OCC2CO2)cc1.O=S(=O)(O)c1ccc(CCC2CO2)cc1. The van der Waals surface area contributed by atoms with Crippen molar-refractivity contribution in [2.45, 2.75) is 41.8 Å². The lowest BCUT2D eigenvalue weighted by atomic mass is 10.1. The van der Waals surface area contributed by atoms with Crippen LogP contribution in [0.5, 0.6) is 0 Å². The van der Waals surface area contributed by atoms with E-state index in [2.05, 4.69) is 0 Å². The topological polar surface area (TPSA) is 123 Å². The number of hydrogen-bond acceptors (Lipinski definition) is 7. The van der Waals surface area contributed by atoms with Crippen molar-refractivity contribution in [2.75, 3.05) is 19.8 Å². The number of hydrogen-bond donors (Lipinski definition) is 1. The van der Waals surface area contributed by atoms with Crippen LogP contribution in [-0.4, -0.2) is 53.4 Å². The summed E-state index contributed by atoms with van der Waals surface area (Å²) < 4.78 is 68.2. The third-order valence-electron chi connectivity index (χ3n) is 4.50. The molecular weight excluding hydrogens is 432 g/mol. The van der Waals surface area contributed by atoms with E-state index in [1.165, 1.54) is 12.1 Å². The summed E-state index contributed by atoms with van der Waals surface area (Å²) in [5, 5.41) is 0. The van der Waals surface area contributed by atoms with Crippen LogP contribution in [0.3, 0.4) is 0 Å². The van der Waals surface area contributed by atoms with Gasteiger partial charge in [0.2, 0.25) is 0 Å². The van der Waals surface area contributed by atoms with Gasteiger partial charge < -0.3 is 9.47 Å². The Morgan fingerprint density at radius 2 is 1.43 bits per heavy atom. The van der Waals surface area contributed by atoms with Gasteiger partial charge in [-0.1, -0.05) is 29.8 Å². The largest absolute Gasteiger partial charge is 0.373 e. The minimum Gasteiger partial charge on any atom is -0.373 e. The van der Waals surface area contributed by atoms with E-state index in [4.69, 9.17) is 18.2 Å². The number of benzene rings is 2. The Balaban J connectivity index is 0.000000171. The second kappa shape index (κ2) is 9.54. The molecule has 2 fully saturated rings. The third-order valence-corrected chi connectivity index (χ3v) is 6.66. The normalized spacial score (nSPS) is 20.2. The smallest absolute Gasteiger partial charge is 0.297 e. The lowest BCUT2D eigenvalue weighted by Gasteiger charge is -2.03. The molecule has 2 aromatic carbocycles. The first kappa shape index (κ1) is 22.9. The maximum Gasteiger partial charge on any atom is 0.297 e. The van der Waals surface area contributed by atoms with E-state index in [0.29, 0.717) is 12.7 Å². The Bertz CT molecular complexity index is 1040. The van der Waals surface area contributed by atoms with E-state index in [9.17, 15) is 16.8 Å². The predicted octanol–water partition coefficient (Wildman–Crippen LogP) is 2.36. The standard InChI is InChI=1S/2C10H12O4S/c1-8-2-4-10(5-3-8)15(11,12)14-7-9-6-13-9;11-15(12,13)10-5-2-8(3-6-10)1-4-9-7-14-9/h2-5,9H,6-7H2,1H3;2-3,5-6,9H,1,4,7H2,(H,11,12,13). The molecule has 2 atom stereocenters. The van der Waals surface area contributed by atoms with Gasteiger partial charge in [0.25, 0.3) is 20.2 Å². The fourth-order valence-electron chi connectivity index (χ4n) is 2.49. The van der Waals surface area contributed by atoms with E-state index < -0.39 is 20.2 Å². The van der Waals surface area contributed by atoms with Crippen molar-refractivity contribution in [3.05, 3.63) is 59.7 Å². The summed E-state index contributed by atoms with van der Waals surface area (Å²) in [5.41, 5.74) is 2.07. The van der Waals surface area contributed by atoms with Crippen LogP contribution in [0.2, 0.25) is 0 Å². The lowest BCUT2D eigenvalue weighted by Crippen LogP contribution is -2.10.